The molecule has 0 atom stereocenters. The zero-order valence-electron chi connectivity index (χ0n) is 12.1. The number of benzene rings is 2. The van der Waals surface area contributed by atoms with E-state index in [-0.39, 0.29) is 13.0 Å². The van der Waals surface area contributed by atoms with Gasteiger partial charge in [-0.2, -0.15) is 0 Å². The second kappa shape index (κ2) is 7.36. The molecule has 1 N–H and O–H groups in total. The number of ether oxygens (including phenoxy) is 1. The summed E-state index contributed by atoms with van der Waals surface area (Å²) >= 11 is 0. The van der Waals surface area contributed by atoms with Gasteiger partial charge in [0.05, 0.1) is 6.42 Å². The first kappa shape index (κ1) is 15.7. The molecule has 0 saturated heterocycles. The Balaban J connectivity index is 1.79. The van der Waals surface area contributed by atoms with Crippen molar-refractivity contribution >= 4 is 17.6 Å². The van der Waals surface area contributed by atoms with E-state index in [2.05, 4.69) is 5.32 Å². The molecular formula is C17H16FNO3. The lowest BCUT2D eigenvalue weighted by molar-refractivity contribution is -0.146. The second-order valence-electron chi connectivity index (χ2n) is 4.89. The van der Waals surface area contributed by atoms with Gasteiger partial charge in [-0.15, -0.1) is 0 Å². The molecule has 2 rings (SSSR count). The first-order chi connectivity index (χ1) is 10.5. The van der Waals surface area contributed by atoms with Crippen LogP contribution in [0.5, 0.6) is 0 Å². The Morgan fingerprint density at radius 1 is 1.14 bits per heavy atom. The highest BCUT2D eigenvalue weighted by Crippen LogP contribution is 2.09. The van der Waals surface area contributed by atoms with Crippen LogP contribution in [0.15, 0.2) is 48.5 Å². The third kappa shape index (κ3) is 5.01. The van der Waals surface area contributed by atoms with Gasteiger partial charge in [-0.1, -0.05) is 24.3 Å². The van der Waals surface area contributed by atoms with Crippen LogP contribution in [0.25, 0.3) is 0 Å². The van der Waals surface area contributed by atoms with Gasteiger partial charge in [0.25, 0.3) is 5.91 Å². The number of esters is 1. The largest absolute Gasteiger partial charge is 0.455 e. The van der Waals surface area contributed by atoms with E-state index < -0.39 is 17.7 Å². The Morgan fingerprint density at radius 3 is 2.64 bits per heavy atom. The van der Waals surface area contributed by atoms with Crippen LogP contribution in [0.1, 0.15) is 11.1 Å². The number of amides is 1. The number of hydrogen-bond donors (Lipinski definition) is 1. The molecular weight excluding hydrogens is 285 g/mol. The third-order valence-corrected chi connectivity index (χ3v) is 2.90. The van der Waals surface area contributed by atoms with E-state index >= 15 is 0 Å². The fourth-order valence-corrected chi connectivity index (χ4v) is 1.93. The van der Waals surface area contributed by atoms with Gasteiger partial charge in [0.1, 0.15) is 5.82 Å². The van der Waals surface area contributed by atoms with Crippen LogP contribution in [0, 0.1) is 12.7 Å². The van der Waals surface area contributed by atoms with Gasteiger partial charge in [-0.05, 0) is 42.3 Å². The molecule has 2 aromatic carbocycles. The topological polar surface area (TPSA) is 55.4 Å². The van der Waals surface area contributed by atoms with Gasteiger partial charge in [-0.25, -0.2) is 4.39 Å². The van der Waals surface area contributed by atoms with Crippen LogP contribution in [-0.4, -0.2) is 18.5 Å². The van der Waals surface area contributed by atoms with Crippen molar-refractivity contribution in [1.82, 2.24) is 0 Å². The van der Waals surface area contributed by atoms with Crippen LogP contribution in [-0.2, 0) is 20.7 Å². The molecule has 0 spiro atoms. The number of carbonyl (C=O) groups is 2. The van der Waals surface area contributed by atoms with Crippen molar-refractivity contribution in [3.63, 3.8) is 0 Å². The van der Waals surface area contributed by atoms with Crippen molar-refractivity contribution in [3.05, 3.63) is 65.5 Å². The molecule has 5 heteroatoms. The lowest BCUT2D eigenvalue weighted by atomic mass is 10.1. The smallest absolute Gasteiger partial charge is 0.310 e. The predicted molar refractivity (Wildman–Crippen MR) is 80.9 cm³/mol. The number of halogens is 1. The van der Waals surface area contributed by atoms with Crippen molar-refractivity contribution < 1.29 is 18.7 Å². The van der Waals surface area contributed by atoms with Crippen molar-refractivity contribution in [3.8, 4) is 0 Å². The fraction of sp³-hybridized carbons (Fsp3) is 0.176. The van der Waals surface area contributed by atoms with Gasteiger partial charge >= 0.3 is 5.97 Å². The summed E-state index contributed by atoms with van der Waals surface area (Å²) in [5.41, 5.74) is 2.16. The number of rotatable bonds is 5. The van der Waals surface area contributed by atoms with Crippen molar-refractivity contribution in [2.75, 3.05) is 11.9 Å². The van der Waals surface area contributed by atoms with Gasteiger partial charge < -0.3 is 10.1 Å². The Labute approximate surface area is 127 Å². The van der Waals surface area contributed by atoms with E-state index in [0.29, 0.717) is 11.3 Å². The highest BCUT2D eigenvalue weighted by atomic mass is 19.1. The number of carbonyl (C=O) groups excluding carboxylic acids is 2. The summed E-state index contributed by atoms with van der Waals surface area (Å²) < 4.78 is 17.9. The average molecular weight is 301 g/mol. The molecule has 2 aromatic rings. The van der Waals surface area contributed by atoms with Gasteiger partial charge in [0, 0.05) is 5.69 Å². The first-order valence-corrected chi connectivity index (χ1v) is 6.79. The maximum atomic E-state index is 13.0. The average Bonchev–Trinajstić information content (AvgIpc) is 2.45. The molecule has 22 heavy (non-hydrogen) atoms. The van der Waals surface area contributed by atoms with Gasteiger partial charge in [0.15, 0.2) is 6.61 Å². The molecule has 4 nitrogen and oxygen atoms in total. The quantitative estimate of drug-likeness (QED) is 0.864. The fourth-order valence-electron chi connectivity index (χ4n) is 1.93. The zero-order chi connectivity index (χ0) is 15.9. The molecule has 0 unspecified atom stereocenters. The molecule has 0 saturated carbocycles. The summed E-state index contributed by atoms with van der Waals surface area (Å²) in [6.07, 6.45) is -0.0739. The number of aryl methyl sites for hydroxylation is 1. The lowest BCUT2D eigenvalue weighted by Crippen LogP contribution is -2.21. The van der Waals surface area contributed by atoms with E-state index in [9.17, 15) is 14.0 Å². The number of anilines is 1. The maximum absolute atomic E-state index is 13.0. The molecule has 0 aliphatic heterocycles. The Kier molecular flexibility index (Phi) is 5.25. The summed E-state index contributed by atoms with van der Waals surface area (Å²) in [7, 11) is 0. The van der Waals surface area contributed by atoms with E-state index in [1.807, 2.05) is 25.1 Å². The van der Waals surface area contributed by atoms with E-state index in [1.54, 1.807) is 12.1 Å². The minimum atomic E-state index is -0.579. The highest BCUT2D eigenvalue weighted by Gasteiger charge is 2.09. The van der Waals surface area contributed by atoms with Crippen molar-refractivity contribution in [1.29, 1.82) is 0 Å². The first-order valence-electron chi connectivity index (χ1n) is 6.79. The second-order valence-corrected chi connectivity index (χ2v) is 4.89. The third-order valence-electron chi connectivity index (χ3n) is 2.90. The molecule has 0 aliphatic carbocycles. The van der Waals surface area contributed by atoms with Crippen LogP contribution in [0.2, 0.25) is 0 Å². The minimum Gasteiger partial charge on any atom is -0.455 e. The molecule has 0 heterocycles. The van der Waals surface area contributed by atoms with Crippen LogP contribution in [0.4, 0.5) is 10.1 Å². The Morgan fingerprint density at radius 2 is 1.91 bits per heavy atom. The van der Waals surface area contributed by atoms with Crippen LogP contribution >= 0.6 is 0 Å². The molecule has 0 aliphatic rings. The molecule has 1 amide bonds. The summed E-state index contributed by atoms with van der Waals surface area (Å²) in [6.45, 7) is 1.54. The van der Waals surface area contributed by atoms with Crippen LogP contribution < -0.4 is 5.32 Å². The predicted octanol–water partition coefficient (Wildman–Crippen LogP) is 2.86. The van der Waals surface area contributed by atoms with E-state index in [0.717, 1.165) is 5.56 Å². The van der Waals surface area contributed by atoms with Crippen molar-refractivity contribution in [2.24, 2.45) is 0 Å². The zero-order valence-corrected chi connectivity index (χ0v) is 12.1. The summed E-state index contributed by atoms with van der Waals surface area (Å²) in [5, 5.41) is 2.63. The van der Waals surface area contributed by atoms with Crippen molar-refractivity contribution in [2.45, 2.75) is 13.3 Å². The highest BCUT2D eigenvalue weighted by molar-refractivity contribution is 5.92. The summed E-state index contributed by atoms with van der Waals surface area (Å²) in [6, 6.07) is 13.0. The Bertz CT molecular complexity index is 626. The maximum Gasteiger partial charge on any atom is 0.310 e. The van der Waals surface area contributed by atoms with Gasteiger partial charge in [-0.3, -0.25) is 9.59 Å². The molecule has 0 fully saturated rings. The minimum absolute atomic E-state index is 0.0739. The number of hydrogen-bond acceptors (Lipinski definition) is 3. The lowest BCUT2D eigenvalue weighted by Gasteiger charge is -2.07. The van der Waals surface area contributed by atoms with E-state index in [1.165, 1.54) is 18.2 Å². The molecule has 114 valence electrons. The number of nitrogens with one attached hydrogen (secondary N) is 1. The molecule has 0 radical (unpaired) electrons. The monoisotopic (exact) mass is 301 g/mol. The SMILES string of the molecule is Cc1cccc(NC(=O)COC(=O)Cc2cccc(F)c2)c1. The molecule has 0 bridgehead atoms. The van der Waals surface area contributed by atoms with Gasteiger partial charge in [0.2, 0.25) is 0 Å². The standard InChI is InChI=1S/C17H16FNO3/c1-12-4-2-7-15(8-12)19-16(20)11-22-17(21)10-13-5-3-6-14(18)9-13/h2-9H,10-11H2,1H3,(H,19,20). The summed E-state index contributed by atoms with van der Waals surface area (Å²) in [4.78, 5) is 23.3. The summed E-state index contributed by atoms with van der Waals surface area (Å²) in [5.74, 6) is -1.41. The van der Waals surface area contributed by atoms with Crippen LogP contribution in [0.3, 0.4) is 0 Å². The Hall–Kier alpha value is -2.69. The molecule has 0 aromatic heterocycles. The normalized spacial score (nSPS) is 10.1. The van der Waals surface area contributed by atoms with E-state index in [4.69, 9.17) is 4.74 Å².